The van der Waals surface area contributed by atoms with Gasteiger partial charge in [0.05, 0.1) is 19.3 Å². The zero-order valence-electron chi connectivity index (χ0n) is 15.0. The topological polar surface area (TPSA) is 76.7 Å². The van der Waals surface area contributed by atoms with E-state index in [0.717, 1.165) is 38.0 Å². The van der Waals surface area contributed by atoms with Crippen molar-refractivity contribution in [3.63, 3.8) is 0 Å². The van der Waals surface area contributed by atoms with Crippen LogP contribution in [0.5, 0.6) is 5.75 Å². The lowest BCUT2D eigenvalue weighted by Gasteiger charge is -2.16. The van der Waals surface area contributed by atoms with E-state index in [2.05, 4.69) is 10.6 Å². The third-order valence-corrected chi connectivity index (χ3v) is 4.19. The molecule has 2 N–H and O–H groups in total. The number of amides is 2. The van der Waals surface area contributed by atoms with Gasteiger partial charge in [-0.15, -0.1) is 0 Å². The maximum absolute atomic E-state index is 12.1. The van der Waals surface area contributed by atoms with E-state index in [0.29, 0.717) is 18.3 Å². The molecule has 6 nitrogen and oxygen atoms in total. The minimum Gasteiger partial charge on any atom is -0.494 e. The van der Waals surface area contributed by atoms with E-state index in [-0.39, 0.29) is 24.4 Å². The Kier molecular flexibility index (Phi) is 7.73. The third-order valence-electron chi connectivity index (χ3n) is 4.19. The summed E-state index contributed by atoms with van der Waals surface area (Å²) in [6, 6.07) is 6.92. The fourth-order valence-corrected chi connectivity index (χ4v) is 2.84. The summed E-state index contributed by atoms with van der Waals surface area (Å²) in [5.41, 5.74) is 0.502. The van der Waals surface area contributed by atoms with Gasteiger partial charge < -0.3 is 20.1 Å². The second kappa shape index (κ2) is 10.0. The van der Waals surface area contributed by atoms with Crippen LogP contribution in [-0.4, -0.2) is 43.7 Å². The first kappa shape index (κ1) is 19.2. The normalized spacial score (nSPS) is 17.8. The predicted molar refractivity (Wildman–Crippen MR) is 95.8 cm³/mol. The van der Waals surface area contributed by atoms with Crippen molar-refractivity contribution in [1.29, 1.82) is 0 Å². The second-order valence-corrected chi connectivity index (χ2v) is 6.32. The summed E-state index contributed by atoms with van der Waals surface area (Å²) in [7, 11) is 0. The van der Waals surface area contributed by atoms with Crippen LogP contribution in [-0.2, 0) is 9.53 Å². The highest BCUT2D eigenvalue weighted by atomic mass is 16.5. The minimum atomic E-state index is -0.273. The Labute approximate surface area is 149 Å². The van der Waals surface area contributed by atoms with Gasteiger partial charge in [-0.3, -0.25) is 9.59 Å². The molecule has 0 aliphatic carbocycles. The van der Waals surface area contributed by atoms with Crippen molar-refractivity contribution < 1.29 is 19.1 Å². The van der Waals surface area contributed by atoms with Crippen LogP contribution < -0.4 is 15.4 Å². The van der Waals surface area contributed by atoms with E-state index in [4.69, 9.17) is 9.47 Å². The molecular weight excluding hydrogens is 320 g/mol. The quantitative estimate of drug-likeness (QED) is 0.718. The number of nitrogens with one attached hydrogen (secondary N) is 2. The Morgan fingerprint density at radius 1 is 1.32 bits per heavy atom. The van der Waals surface area contributed by atoms with Crippen LogP contribution in [0.1, 0.15) is 49.9 Å². The van der Waals surface area contributed by atoms with Crippen molar-refractivity contribution in [3.8, 4) is 5.75 Å². The molecule has 25 heavy (non-hydrogen) atoms. The van der Waals surface area contributed by atoms with Gasteiger partial charge in [0.2, 0.25) is 5.91 Å². The largest absolute Gasteiger partial charge is 0.494 e. The molecule has 1 aliphatic rings. The van der Waals surface area contributed by atoms with Gasteiger partial charge in [-0.05, 0) is 63.8 Å². The van der Waals surface area contributed by atoms with Gasteiger partial charge in [0.15, 0.2) is 0 Å². The van der Waals surface area contributed by atoms with E-state index >= 15 is 0 Å². The lowest BCUT2D eigenvalue weighted by Crippen LogP contribution is -2.41. The van der Waals surface area contributed by atoms with Crippen LogP contribution in [0.25, 0.3) is 0 Å². The van der Waals surface area contributed by atoms with Gasteiger partial charge in [0.1, 0.15) is 5.75 Å². The maximum Gasteiger partial charge on any atom is 0.251 e. The van der Waals surface area contributed by atoms with E-state index in [1.165, 1.54) is 0 Å². The smallest absolute Gasteiger partial charge is 0.251 e. The zero-order valence-corrected chi connectivity index (χ0v) is 15.0. The van der Waals surface area contributed by atoms with Crippen LogP contribution >= 0.6 is 0 Å². The fourth-order valence-electron chi connectivity index (χ4n) is 2.84. The average Bonchev–Trinajstić information content (AvgIpc) is 3.12. The Hall–Kier alpha value is -2.08. The molecule has 1 fully saturated rings. The SMILES string of the molecule is CCOc1ccc(C(=O)NCC(=O)N[C@H](C)CC[C@H]2CCCO2)cc1. The zero-order chi connectivity index (χ0) is 18.1. The first-order valence-electron chi connectivity index (χ1n) is 9.00. The molecule has 1 aromatic rings. The fraction of sp³-hybridized carbons (Fsp3) is 0.579. The van der Waals surface area contributed by atoms with Crippen molar-refractivity contribution in [2.24, 2.45) is 0 Å². The minimum absolute atomic E-state index is 0.0314. The summed E-state index contributed by atoms with van der Waals surface area (Å²) in [5, 5.41) is 5.54. The summed E-state index contributed by atoms with van der Waals surface area (Å²) < 4.78 is 10.9. The van der Waals surface area contributed by atoms with Gasteiger partial charge in [-0.2, -0.15) is 0 Å². The molecule has 2 atom stereocenters. The maximum atomic E-state index is 12.1. The summed E-state index contributed by atoms with van der Waals surface area (Å²) >= 11 is 0. The van der Waals surface area contributed by atoms with Crippen LogP contribution in [0.4, 0.5) is 0 Å². The van der Waals surface area contributed by atoms with Gasteiger partial charge in [0, 0.05) is 18.2 Å². The highest BCUT2D eigenvalue weighted by molar-refractivity contribution is 5.96. The first-order valence-corrected chi connectivity index (χ1v) is 9.00. The molecule has 0 spiro atoms. The van der Waals surface area contributed by atoms with Crippen molar-refractivity contribution >= 4 is 11.8 Å². The number of carbonyl (C=O) groups excluding carboxylic acids is 2. The van der Waals surface area contributed by atoms with E-state index in [1.807, 2.05) is 13.8 Å². The number of benzene rings is 1. The van der Waals surface area contributed by atoms with Gasteiger partial charge >= 0.3 is 0 Å². The molecule has 0 saturated carbocycles. The molecule has 0 radical (unpaired) electrons. The molecule has 1 aliphatic heterocycles. The van der Waals surface area contributed by atoms with E-state index in [1.54, 1.807) is 24.3 Å². The Bertz CT molecular complexity index is 553. The van der Waals surface area contributed by atoms with E-state index in [9.17, 15) is 9.59 Å². The van der Waals surface area contributed by atoms with Crippen LogP contribution in [0, 0.1) is 0 Å². The van der Waals surface area contributed by atoms with E-state index < -0.39 is 0 Å². The number of rotatable bonds is 9. The third kappa shape index (κ3) is 6.74. The number of carbonyl (C=O) groups is 2. The number of hydrogen-bond donors (Lipinski definition) is 2. The molecule has 6 heteroatoms. The molecule has 0 unspecified atom stereocenters. The molecule has 0 bridgehead atoms. The number of hydrogen-bond acceptors (Lipinski definition) is 4. The highest BCUT2D eigenvalue weighted by Gasteiger charge is 2.17. The summed E-state index contributed by atoms with van der Waals surface area (Å²) in [6.45, 7) is 5.28. The van der Waals surface area contributed by atoms with Gasteiger partial charge in [-0.1, -0.05) is 0 Å². The summed E-state index contributed by atoms with van der Waals surface area (Å²) in [6.07, 6.45) is 4.41. The number of ether oxygens (including phenoxy) is 2. The van der Waals surface area contributed by atoms with Crippen molar-refractivity contribution in [1.82, 2.24) is 10.6 Å². The first-order chi connectivity index (χ1) is 12.1. The Morgan fingerprint density at radius 2 is 2.08 bits per heavy atom. The molecule has 0 aromatic heterocycles. The molecule has 1 heterocycles. The summed E-state index contributed by atoms with van der Waals surface area (Å²) in [5.74, 6) is 0.265. The highest BCUT2D eigenvalue weighted by Crippen LogP contribution is 2.17. The standard InChI is InChI=1S/C19H28N2O4/c1-3-24-17-10-7-15(8-11-17)19(23)20-13-18(22)21-14(2)6-9-16-5-4-12-25-16/h7-8,10-11,14,16H,3-6,9,12-13H2,1-2H3,(H,20,23)(H,21,22)/t14-,16-/m1/s1. The van der Waals surface area contributed by atoms with Crippen LogP contribution in [0.2, 0.25) is 0 Å². The molecule has 138 valence electrons. The second-order valence-electron chi connectivity index (χ2n) is 6.32. The lowest BCUT2D eigenvalue weighted by atomic mass is 10.1. The Balaban J connectivity index is 1.66. The van der Waals surface area contributed by atoms with Crippen molar-refractivity contribution in [2.75, 3.05) is 19.8 Å². The lowest BCUT2D eigenvalue weighted by molar-refractivity contribution is -0.120. The predicted octanol–water partition coefficient (Wildman–Crippen LogP) is 2.28. The molecular formula is C19H28N2O4. The molecule has 1 aromatic carbocycles. The Morgan fingerprint density at radius 3 is 2.72 bits per heavy atom. The van der Waals surface area contributed by atoms with Crippen molar-refractivity contribution in [3.05, 3.63) is 29.8 Å². The summed E-state index contributed by atoms with van der Waals surface area (Å²) in [4.78, 5) is 24.0. The molecule has 2 rings (SSSR count). The van der Waals surface area contributed by atoms with Gasteiger partial charge in [-0.25, -0.2) is 0 Å². The van der Waals surface area contributed by atoms with Crippen LogP contribution in [0.15, 0.2) is 24.3 Å². The monoisotopic (exact) mass is 348 g/mol. The average molecular weight is 348 g/mol. The van der Waals surface area contributed by atoms with Crippen molar-refractivity contribution in [2.45, 2.75) is 51.7 Å². The molecule has 2 amide bonds. The van der Waals surface area contributed by atoms with Gasteiger partial charge in [0.25, 0.3) is 5.91 Å². The van der Waals surface area contributed by atoms with Crippen LogP contribution in [0.3, 0.4) is 0 Å². The molecule has 1 saturated heterocycles.